The monoisotopic (exact) mass is 241 g/mol. The number of Topliss-reactive ketones (excluding diaryl/α,β-unsaturated/α-hetero) is 1. The van der Waals surface area contributed by atoms with Gasteiger partial charge in [0.25, 0.3) is 5.91 Å². The zero-order valence-electron chi connectivity index (χ0n) is 8.83. The Morgan fingerprint density at radius 1 is 1.44 bits per heavy atom. The summed E-state index contributed by atoms with van der Waals surface area (Å²) in [7, 11) is 0. The number of amides is 1. The van der Waals surface area contributed by atoms with E-state index in [9.17, 15) is 9.59 Å². The molecule has 1 aromatic carbocycles. The molecule has 0 atom stereocenters. The van der Waals surface area contributed by atoms with E-state index in [1.807, 2.05) is 0 Å². The summed E-state index contributed by atoms with van der Waals surface area (Å²) < 4.78 is 5.17. The number of ether oxygens (including phenoxy) is 1. The maximum Gasteiger partial charge on any atom is 0.258 e. The fourth-order valence-corrected chi connectivity index (χ4v) is 1.16. The summed E-state index contributed by atoms with van der Waals surface area (Å²) in [5, 5.41) is 2.96. The molecule has 0 aliphatic carbocycles. The van der Waals surface area contributed by atoms with Crippen LogP contribution in [0, 0.1) is 0 Å². The summed E-state index contributed by atoms with van der Waals surface area (Å²) in [4.78, 5) is 21.8. The van der Waals surface area contributed by atoms with Crippen molar-refractivity contribution < 1.29 is 14.3 Å². The number of carbonyl (C=O) groups is 2. The highest BCUT2D eigenvalue weighted by Crippen LogP contribution is 2.16. The van der Waals surface area contributed by atoms with Crippen molar-refractivity contribution in [1.29, 1.82) is 0 Å². The fraction of sp³-hybridized carbons (Fsp3) is 0.273. The smallest absolute Gasteiger partial charge is 0.258 e. The SMILES string of the molecule is CC(=O)CNC(=O)COc1cccc(Cl)c1. The van der Waals surface area contributed by atoms with Crippen molar-refractivity contribution in [2.45, 2.75) is 6.92 Å². The van der Waals surface area contributed by atoms with Gasteiger partial charge in [-0.3, -0.25) is 9.59 Å². The van der Waals surface area contributed by atoms with Gasteiger partial charge in [0.2, 0.25) is 0 Å². The number of hydrogen-bond donors (Lipinski definition) is 1. The van der Waals surface area contributed by atoms with Crippen molar-refractivity contribution in [3.63, 3.8) is 0 Å². The molecule has 1 aromatic rings. The first-order valence-electron chi connectivity index (χ1n) is 4.72. The van der Waals surface area contributed by atoms with Crippen molar-refractivity contribution in [1.82, 2.24) is 5.32 Å². The molecule has 16 heavy (non-hydrogen) atoms. The van der Waals surface area contributed by atoms with Crippen molar-refractivity contribution in [3.05, 3.63) is 29.3 Å². The first-order chi connectivity index (χ1) is 7.58. The van der Waals surface area contributed by atoms with Crippen LogP contribution in [0.25, 0.3) is 0 Å². The number of rotatable bonds is 5. The van der Waals surface area contributed by atoms with E-state index in [0.717, 1.165) is 0 Å². The van der Waals surface area contributed by atoms with Gasteiger partial charge in [0.15, 0.2) is 6.61 Å². The van der Waals surface area contributed by atoms with Gasteiger partial charge >= 0.3 is 0 Å². The van der Waals surface area contributed by atoms with Crippen LogP contribution in [-0.2, 0) is 9.59 Å². The van der Waals surface area contributed by atoms with E-state index in [2.05, 4.69) is 5.32 Å². The van der Waals surface area contributed by atoms with Crippen LogP contribution in [-0.4, -0.2) is 24.8 Å². The van der Waals surface area contributed by atoms with Crippen LogP contribution in [0.15, 0.2) is 24.3 Å². The first kappa shape index (κ1) is 12.5. The van der Waals surface area contributed by atoms with Gasteiger partial charge in [0, 0.05) is 5.02 Å². The number of ketones is 1. The van der Waals surface area contributed by atoms with E-state index >= 15 is 0 Å². The predicted octanol–water partition coefficient (Wildman–Crippen LogP) is 1.42. The molecule has 0 aromatic heterocycles. The maximum atomic E-state index is 11.2. The van der Waals surface area contributed by atoms with Crippen molar-refractivity contribution in [2.75, 3.05) is 13.2 Å². The van der Waals surface area contributed by atoms with E-state index in [-0.39, 0.29) is 24.8 Å². The van der Waals surface area contributed by atoms with Crippen LogP contribution in [0.4, 0.5) is 0 Å². The standard InChI is InChI=1S/C11H12ClNO3/c1-8(14)6-13-11(15)7-16-10-4-2-3-9(12)5-10/h2-5H,6-7H2,1H3,(H,13,15). The number of benzene rings is 1. The minimum atomic E-state index is -0.338. The van der Waals surface area contributed by atoms with Gasteiger partial charge < -0.3 is 10.1 Å². The molecule has 0 aliphatic heterocycles. The molecule has 4 nitrogen and oxygen atoms in total. The van der Waals surface area contributed by atoms with Gasteiger partial charge in [-0.2, -0.15) is 0 Å². The number of halogens is 1. The summed E-state index contributed by atoms with van der Waals surface area (Å²) in [5.74, 6) is 0.0803. The Morgan fingerprint density at radius 2 is 2.19 bits per heavy atom. The molecule has 0 saturated carbocycles. The lowest BCUT2D eigenvalue weighted by Crippen LogP contribution is -2.32. The average Bonchev–Trinajstić information content (AvgIpc) is 2.23. The van der Waals surface area contributed by atoms with Gasteiger partial charge in [-0.25, -0.2) is 0 Å². The van der Waals surface area contributed by atoms with Crippen molar-refractivity contribution >= 4 is 23.3 Å². The Morgan fingerprint density at radius 3 is 2.81 bits per heavy atom. The molecule has 0 radical (unpaired) electrons. The van der Waals surface area contributed by atoms with Crippen LogP contribution in [0.2, 0.25) is 5.02 Å². The normalized spacial score (nSPS) is 9.62. The zero-order chi connectivity index (χ0) is 12.0. The van der Waals surface area contributed by atoms with E-state index in [1.54, 1.807) is 24.3 Å². The molecule has 0 heterocycles. The van der Waals surface area contributed by atoms with Gasteiger partial charge in [0.1, 0.15) is 11.5 Å². The van der Waals surface area contributed by atoms with E-state index in [4.69, 9.17) is 16.3 Å². The average molecular weight is 242 g/mol. The van der Waals surface area contributed by atoms with E-state index in [0.29, 0.717) is 10.8 Å². The molecule has 0 aliphatic rings. The molecule has 0 unspecified atom stereocenters. The lowest BCUT2D eigenvalue weighted by Gasteiger charge is -2.06. The molecule has 0 saturated heterocycles. The highest BCUT2D eigenvalue weighted by atomic mass is 35.5. The van der Waals surface area contributed by atoms with Crippen LogP contribution in [0.3, 0.4) is 0 Å². The maximum absolute atomic E-state index is 11.2. The highest BCUT2D eigenvalue weighted by molar-refractivity contribution is 6.30. The van der Waals surface area contributed by atoms with Crippen molar-refractivity contribution in [2.24, 2.45) is 0 Å². The Hall–Kier alpha value is -1.55. The van der Waals surface area contributed by atoms with Crippen LogP contribution < -0.4 is 10.1 Å². The topological polar surface area (TPSA) is 55.4 Å². The minimum Gasteiger partial charge on any atom is -0.484 e. The minimum absolute atomic E-state index is 0.0255. The second-order valence-electron chi connectivity index (χ2n) is 3.22. The molecule has 86 valence electrons. The van der Waals surface area contributed by atoms with Gasteiger partial charge in [0.05, 0.1) is 6.54 Å². The second kappa shape index (κ2) is 6.12. The molecule has 1 N–H and O–H groups in total. The molecule has 0 bridgehead atoms. The summed E-state index contributed by atoms with van der Waals surface area (Å²) in [6.07, 6.45) is 0. The summed E-state index contributed by atoms with van der Waals surface area (Å²) in [5.41, 5.74) is 0. The summed E-state index contributed by atoms with van der Waals surface area (Å²) in [6, 6.07) is 6.75. The zero-order valence-corrected chi connectivity index (χ0v) is 9.58. The quantitative estimate of drug-likeness (QED) is 0.848. The summed E-state index contributed by atoms with van der Waals surface area (Å²) >= 11 is 5.74. The van der Waals surface area contributed by atoms with Crippen LogP contribution in [0.1, 0.15) is 6.92 Å². The number of carbonyl (C=O) groups excluding carboxylic acids is 2. The van der Waals surface area contributed by atoms with Gasteiger partial charge in [-0.15, -0.1) is 0 Å². The number of hydrogen-bond acceptors (Lipinski definition) is 3. The first-order valence-corrected chi connectivity index (χ1v) is 5.10. The van der Waals surface area contributed by atoms with Crippen LogP contribution in [0.5, 0.6) is 5.75 Å². The third-order valence-corrected chi connectivity index (χ3v) is 1.94. The molecular weight excluding hydrogens is 230 g/mol. The van der Waals surface area contributed by atoms with Crippen LogP contribution >= 0.6 is 11.6 Å². The number of nitrogens with one attached hydrogen (secondary N) is 1. The van der Waals surface area contributed by atoms with Gasteiger partial charge in [-0.05, 0) is 25.1 Å². The third-order valence-electron chi connectivity index (χ3n) is 1.70. The fourth-order valence-electron chi connectivity index (χ4n) is 0.980. The highest BCUT2D eigenvalue weighted by Gasteiger charge is 2.03. The molecular formula is C11H12ClNO3. The molecule has 0 spiro atoms. The summed E-state index contributed by atoms with van der Waals surface area (Å²) in [6.45, 7) is 1.30. The molecule has 5 heteroatoms. The Balaban J connectivity index is 2.34. The Bertz CT molecular complexity index is 393. The van der Waals surface area contributed by atoms with E-state index in [1.165, 1.54) is 6.92 Å². The Labute approximate surface area is 98.5 Å². The van der Waals surface area contributed by atoms with Crippen molar-refractivity contribution in [3.8, 4) is 5.75 Å². The molecule has 0 fully saturated rings. The third kappa shape index (κ3) is 4.79. The second-order valence-corrected chi connectivity index (χ2v) is 3.66. The lowest BCUT2D eigenvalue weighted by molar-refractivity contribution is -0.125. The Kier molecular flexibility index (Phi) is 4.79. The lowest BCUT2D eigenvalue weighted by atomic mass is 10.3. The molecule has 1 rings (SSSR count). The molecule has 1 amide bonds. The largest absolute Gasteiger partial charge is 0.484 e. The van der Waals surface area contributed by atoms with E-state index < -0.39 is 0 Å². The van der Waals surface area contributed by atoms with Gasteiger partial charge in [-0.1, -0.05) is 17.7 Å². The predicted molar refractivity (Wildman–Crippen MR) is 60.6 cm³/mol.